The molecular formula is C12H21ClN4O. The van der Waals surface area contributed by atoms with Crippen molar-refractivity contribution in [3.05, 3.63) is 21.6 Å². The number of rotatable bonds is 6. The zero-order chi connectivity index (χ0) is 13.7. The third-order valence-electron chi connectivity index (χ3n) is 2.82. The van der Waals surface area contributed by atoms with Crippen molar-refractivity contribution in [3.63, 3.8) is 0 Å². The van der Waals surface area contributed by atoms with Crippen molar-refractivity contribution in [2.75, 3.05) is 11.9 Å². The van der Waals surface area contributed by atoms with Gasteiger partial charge in [-0.3, -0.25) is 4.79 Å². The van der Waals surface area contributed by atoms with E-state index in [1.165, 1.54) is 4.68 Å². The molecule has 102 valence electrons. The van der Waals surface area contributed by atoms with E-state index in [2.05, 4.69) is 24.3 Å². The van der Waals surface area contributed by atoms with Crippen LogP contribution in [-0.2, 0) is 6.54 Å². The van der Waals surface area contributed by atoms with Crippen molar-refractivity contribution in [2.45, 2.75) is 39.8 Å². The highest BCUT2D eigenvalue weighted by Gasteiger charge is 2.15. The zero-order valence-electron chi connectivity index (χ0n) is 11.1. The number of hydrogen-bond donors (Lipinski definition) is 2. The zero-order valence-corrected chi connectivity index (χ0v) is 11.9. The third kappa shape index (κ3) is 3.46. The Morgan fingerprint density at radius 2 is 2.22 bits per heavy atom. The van der Waals surface area contributed by atoms with Crippen molar-refractivity contribution in [2.24, 2.45) is 11.7 Å². The van der Waals surface area contributed by atoms with Crippen LogP contribution >= 0.6 is 11.6 Å². The normalized spacial score (nSPS) is 12.8. The molecule has 0 radical (unpaired) electrons. The summed E-state index contributed by atoms with van der Waals surface area (Å²) in [5.41, 5.74) is 5.97. The molecule has 0 amide bonds. The average molecular weight is 273 g/mol. The smallest absolute Gasteiger partial charge is 0.287 e. The van der Waals surface area contributed by atoms with Crippen LogP contribution in [0.5, 0.6) is 0 Å². The van der Waals surface area contributed by atoms with Gasteiger partial charge in [-0.05, 0) is 12.3 Å². The molecule has 1 atom stereocenters. The summed E-state index contributed by atoms with van der Waals surface area (Å²) in [5.74, 6) is 0.351. The molecule has 18 heavy (non-hydrogen) atoms. The lowest BCUT2D eigenvalue weighted by atomic mass is 10.0. The molecule has 0 spiro atoms. The van der Waals surface area contributed by atoms with E-state index in [-0.39, 0.29) is 16.6 Å². The van der Waals surface area contributed by atoms with Crippen LogP contribution in [0.3, 0.4) is 0 Å². The first kappa shape index (κ1) is 15.0. The molecule has 0 aliphatic heterocycles. The fourth-order valence-electron chi connectivity index (χ4n) is 1.63. The Hall–Kier alpha value is -1.07. The quantitative estimate of drug-likeness (QED) is 0.827. The first-order chi connectivity index (χ1) is 8.51. The maximum atomic E-state index is 11.9. The Labute approximate surface area is 112 Å². The Balaban J connectivity index is 2.98. The number of anilines is 1. The van der Waals surface area contributed by atoms with Crippen LogP contribution in [-0.4, -0.2) is 22.4 Å². The Bertz CT molecular complexity index is 444. The molecule has 1 rings (SSSR count). The van der Waals surface area contributed by atoms with Gasteiger partial charge in [0.15, 0.2) is 0 Å². The minimum Gasteiger partial charge on any atom is -0.378 e. The Morgan fingerprint density at radius 1 is 1.56 bits per heavy atom. The molecule has 0 saturated heterocycles. The molecule has 1 unspecified atom stereocenters. The van der Waals surface area contributed by atoms with Gasteiger partial charge in [0.1, 0.15) is 5.02 Å². The van der Waals surface area contributed by atoms with E-state index in [4.69, 9.17) is 17.3 Å². The van der Waals surface area contributed by atoms with E-state index in [1.54, 1.807) is 6.20 Å². The summed E-state index contributed by atoms with van der Waals surface area (Å²) in [6.45, 7) is 7.15. The van der Waals surface area contributed by atoms with E-state index in [0.717, 1.165) is 6.42 Å². The van der Waals surface area contributed by atoms with Crippen LogP contribution in [0.4, 0.5) is 5.69 Å². The fourth-order valence-corrected chi connectivity index (χ4v) is 1.84. The van der Waals surface area contributed by atoms with Crippen molar-refractivity contribution >= 4 is 17.3 Å². The van der Waals surface area contributed by atoms with Crippen molar-refractivity contribution in [1.29, 1.82) is 0 Å². The van der Waals surface area contributed by atoms with Crippen LogP contribution in [0.1, 0.15) is 27.2 Å². The van der Waals surface area contributed by atoms with E-state index in [1.807, 2.05) is 6.92 Å². The summed E-state index contributed by atoms with van der Waals surface area (Å²) in [5, 5.41) is 7.44. The van der Waals surface area contributed by atoms with Crippen molar-refractivity contribution in [1.82, 2.24) is 9.78 Å². The summed E-state index contributed by atoms with van der Waals surface area (Å²) in [7, 11) is 0. The van der Waals surface area contributed by atoms with Gasteiger partial charge in [-0.2, -0.15) is 5.10 Å². The predicted molar refractivity (Wildman–Crippen MR) is 75.1 cm³/mol. The minimum absolute atomic E-state index is 0.0747. The molecule has 3 N–H and O–H groups in total. The van der Waals surface area contributed by atoms with Gasteiger partial charge < -0.3 is 11.1 Å². The van der Waals surface area contributed by atoms with Gasteiger partial charge in [0.05, 0.1) is 11.9 Å². The molecule has 0 aliphatic rings. The van der Waals surface area contributed by atoms with Gasteiger partial charge in [0, 0.05) is 19.1 Å². The van der Waals surface area contributed by atoms with Crippen LogP contribution in [0, 0.1) is 5.92 Å². The predicted octanol–water partition coefficient (Wildman–Crippen LogP) is 1.70. The van der Waals surface area contributed by atoms with E-state index in [0.29, 0.717) is 24.7 Å². The fraction of sp³-hybridized carbons (Fsp3) is 0.667. The maximum absolute atomic E-state index is 11.9. The first-order valence-electron chi connectivity index (χ1n) is 6.23. The molecule has 0 saturated carbocycles. The lowest BCUT2D eigenvalue weighted by molar-refractivity contribution is 0.528. The molecule has 0 aromatic carbocycles. The summed E-state index contributed by atoms with van der Waals surface area (Å²) >= 11 is 6.06. The Morgan fingerprint density at radius 3 is 2.72 bits per heavy atom. The monoisotopic (exact) mass is 272 g/mol. The molecule has 1 aromatic rings. The molecule has 1 aromatic heterocycles. The highest BCUT2D eigenvalue weighted by atomic mass is 35.5. The summed E-state index contributed by atoms with van der Waals surface area (Å²) in [4.78, 5) is 11.9. The number of aromatic nitrogens is 2. The van der Waals surface area contributed by atoms with E-state index in [9.17, 15) is 4.79 Å². The molecule has 0 aliphatic carbocycles. The van der Waals surface area contributed by atoms with Crippen molar-refractivity contribution < 1.29 is 0 Å². The van der Waals surface area contributed by atoms with Gasteiger partial charge in [-0.25, -0.2) is 4.68 Å². The molecule has 1 heterocycles. The van der Waals surface area contributed by atoms with Crippen LogP contribution < -0.4 is 16.6 Å². The van der Waals surface area contributed by atoms with Crippen LogP contribution in [0.25, 0.3) is 0 Å². The molecular weight excluding hydrogens is 252 g/mol. The second-order valence-corrected chi connectivity index (χ2v) is 5.01. The number of nitrogens with one attached hydrogen (secondary N) is 1. The van der Waals surface area contributed by atoms with Gasteiger partial charge in [0.25, 0.3) is 5.56 Å². The summed E-state index contributed by atoms with van der Waals surface area (Å²) in [6.07, 6.45) is 2.43. The second kappa shape index (κ2) is 6.75. The standard InChI is InChI=1S/C12H21ClN4O/c1-4-5-17-12(18)11(13)10(7-15-17)16-9(6-14)8(2)3/h7-9,16H,4-6,14H2,1-3H3. The van der Waals surface area contributed by atoms with Gasteiger partial charge in [-0.15, -0.1) is 0 Å². The lowest BCUT2D eigenvalue weighted by Gasteiger charge is -2.22. The molecule has 0 bridgehead atoms. The summed E-state index contributed by atoms with van der Waals surface area (Å²) in [6, 6.07) is 0.0747. The van der Waals surface area contributed by atoms with Crippen LogP contribution in [0.15, 0.2) is 11.0 Å². The largest absolute Gasteiger partial charge is 0.378 e. The highest BCUT2D eigenvalue weighted by Crippen LogP contribution is 2.18. The molecule has 5 nitrogen and oxygen atoms in total. The van der Waals surface area contributed by atoms with E-state index < -0.39 is 0 Å². The van der Waals surface area contributed by atoms with Crippen molar-refractivity contribution in [3.8, 4) is 0 Å². The summed E-state index contributed by atoms with van der Waals surface area (Å²) < 4.78 is 1.38. The number of nitrogens with two attached hydrogens (primary N) is 1. The number of hydrogen-bond acceptors (Lipinski definition) is 4. The number of aryl methyl sites for hydroxylation is 1. The Kier molecular flexibility index (Phi) is 5.62. The molecule has 6 heteroatoms. The number of halogens is 1. The van der Waals surface area contributed by atoms with Gasteiger partial charge >= 0.3 is 0 Å². The SMILES string of the molecule is CCCn1ncc(NC(CN)C(C)C)c(Cl)c1=O. The van der Waals surface area contributed by atoms with Gasteiger partial charge in [0.2, 0.25) is 0 Å². The third-order valence-corrected chi connectivity index (χ3v) is 3.19. The van der Waals surface area contributed by atoms with E-state index >= 15 is 0 Å². The maximum Gasteiger partial charge on any atom is 0.287 e. The average Bonchev–Trinajstić information content (AvgIpc) is 2.34. The second-order valence-electron chi connectivity index (χ2n) is 4.63. The highest BCUT2D eigenvalue weighted by molar-refractivity contribution is 6.32. The lowest BCUT2D eigenvalue weighted by Crippen LogP contribution is -2.35. The first-order valence-corrected chi connectivity index (χ1v) is 6.61. The minimum atomic E-state index is -0.261. The van der Waals surface area contributed by atoms with Crippen LogP contribution in [0.2, 0.25) is 5.02 Å². The molecule has 0 fully saturated rings. The number of nitrogens with zero attached hydrogens (tertiary/aromatic N) is 2. The van der Waals surface area contributed by atoms with Gasteiger partial charge in [-0.1, -0.05) is 32.4 Å². The topological polar surface area (TPSA) is 72.9 Å².